The second kappa shape index (κ2) is 10.3. The average Bonchev–Trinajstić information content (AvgIpc) is 3.24. The van der Waals surface area contributed by atoms with E-state index in [0.29, 0.717) is 22.6 Å². The van der Waals surface area contributed by atoms with Gasteiger partial charge in [-0.25, -0.2) is 17.9 Å². The molecule has 0 atom stereocenters. The summed E-state index contributed by atoms with van der Waals surface area (Å²) in [6.45, 7) is 1.41. The molecule has 4 rings (SSSR count). The van der Waals surface area contributed by atoms with Crippen molar-refractivity contribution in [2.45, 2.75) is 18.4 Å². The molecule has 11 nitrogen and oxygen atoms in total. The van der Waals surface area contributed by atoms with E-state index in [4.69, 9.17) is 9.26 Å². The maximum atomic E-state index is 12.7. The number of nitrogens with zero attached hydrogens (tertiary/aromatic N) is 2. The van der Waals surface area contributed by atoms with Crippen LogP contribution in [0.1, 0.15) is 11.3 Å². The lowest BCUT2D eigenvalue weighted by atomic mass is 10.00. The van der Waals surface area contributed by atoms with E-state index >= 15 is 0 Å². The highest BCUT2D eigenvalue weighted by Gasteiger charge is 2.21. The van der Waals surface area contributed by atoms with Crippen molar-refractivity contribution in [1.82, 2.24) is 9.88 Å². The second-order valence-corrected chi connectivity index (χ2v) is 9.17. The van der Waals surface area contributed by atoms with Crippen molar-refractivity contribution >= 4 is 16.1 Å². The van der Waals surface area contributed by atoms with E-state index in [0.717, 1.165) is 11.1 Å². The van der Waals surface area contributed by atoms with Gasteiger partial charge in [0.15, 0.2) is 0 Å². The molecular formula is C24H19N3O8S. The third-order valence-electron chi connectivity index (χ3n) is 5.03. The lowest BCUT2D eigenvalue weighted by molar-refractivity contribution is -0.763. The Bertz CT molecular complexity index is 1500. The molecule has 3 aromatic carbocycles. The molecule has 0 spiro atoms. The number of amides is 1. The van der Waals surface area contributed by atoms with Crippen LogP contribution < -0.4 is 9.46 Å². The Kier molecular flexibility index (Phi) is 6.97. The van der Waals surface area contributed by atoms with Crippen LogP contribution in [0.25, 0.3) is 22.4 Å². The third-order valence-corrected chi connectivity index (χ3v) is 6.35. The summed E-state index contributed by atoms with van der Waals surface area (Å²) >= 11 is 0. The van der Waals surface area contributed by atoms with Crippen LogP contribution in [0.3, 0.4) is 0 Å². The van der Waals surface area contributed by atoms with Gasteiger partial charge >= 0.3 is 6.09 Å². The fourth-order valence-corrected chi connectivity index (χ4v) is 4.30. The van der Waals surface area contributed by atoms with Crippen LogP contribution in [0.4, 0.5) is 4.79 Å². The molecule has 12 heteroatoms. The summed E-state index contributed by atoms with van der Waals surface area (Å²) < 4.78 is 37.6. The monoisotopic (exact) mass is 509 g/mol. The van der Waals surface area contributed by atoms with Crippen LogP contribution in [-0.4, -0.2) is 24.8 Å². The summed E-state index contributed by atoms with van der Waals surface area (Å²) in [4.78, 5) is 26.6. The summed E-state index contributed by atoms with van der Waals surface area (Å²) in [6.07, 6.45) is -1.24. The first-order valence-electron chi connectivity index (χ1n) is 10.5. The van der Waals surface area contributed by atoms with Crippen LogP contribution in [0.15, 0.2) is 88.3 Å². The Morgan fingerprint density at radius 1 is 1.03 bits per heavy atom. The fraction of sp³-hybridized carbons (Fsp3) is 0.0833. The van der Waals surface area contributed by atoms with Crippen molar-refractivity contribution in [3.8, 4) is 28.1 Å². The van der Waals surface area contributed by atoms with Crippen LogP contribution in [0.5, 0.6) is 5.75 Å². The summed E-state index contributed by atoms with van der Waals surface area (Å²) in [5.74, 6) is 0.552. The minimum atomic E-state index is -4.25. The number of nitrogens with one attached hydrogen (secondary N) is 1. The van der Waals surface area contributed by atoms with E-state index in [1.54, 1.807) is 19.1 Å². The lowest BCUT2D eigenvalue weighted by Gasteiger charge is -2.09. The van der Waals surface area contributed by atoms with Gasteiger partial charge in [-0.1, -0.05) is 59.8 Å². The van der Waals surface area contributed by atoms with Gasteiger partial charge in [0.2, 0.25) is 0 Å². The van der Waals surface area contributed by atoms with Gasteiger partial charge < -0.3 is 14.1 Å². The van der Waals surface area contributed by atoms with Gasteiger partial charge in [0.05, 0.1) is 10.5 Å². The van der Waals surface area contributed by atoms with E-state index in [1.807, 2.05) is 35.1 Å². The molecule has 0 saturated carbocycles. The molecule has 0 unspecified atom stereocenters. The van der Waals surface area contributed by atoms with Gasteiger partial charge in [0, 0.05) is 5.56 Å². The Morgan fingerprint density at radius 2 is 1.75 bits per heavy atom. The quantitative estimate of drug-likeness (QED) is 0.267. The molecular weight excluding hydrogens is 490 g/mol. The fourth-order valence-electron chi connectivity index (χ4n) is 3.43. The van der Waals surface area contributed by atoms with Crippen molar-refractivity contribution in [2.75, 3.05) is 0 Å². The van der Waals surface area contributed by atoms with Crippen LogP contribution in [0, 0.1) is 17.0 Å². The summed E-state index contributed by atoms with van der Waals surface area (Å²) in [5, 5.41) is 13.5. The van der Waals surface area contributed by atoms with Gasteiger partial charge in [-0.3, -0.25) is 0 Å². The molecule has 0 aliphatic carbocycles. The minimum absolute atomic E-state index is 0.0149. The van der Waals surface area contributed by atoms with Gasteiger partial charge in [0.25, 0.3) is 15.1 Å². The molecule has 0 saturated heterocycles. The van der Waals surface area contributed by atoms with Gasteiger partial charge in [-0.2, -0.15) is 0 Å². The molecule has 0 radical (unpaired) electrons. The lowest BCUT2D eigenvalue weighted by Crippen LogP contribution is -2.33. The highest BCUT2D eigenvalue weighted by Crippen LogP contribution is 2.34. The Hall–Kier alpha value is -4.71. The average molecular weight is 509 g/mol. The summed E-state index contributed by atoms with van der Waals surface area (Å²) in [7, 11) is -4.25. The largest absolute Gasteiger partial charge is 0.426 e. The zero-order valence-corrected chi connectivity index (χ0v) is 19.6. The molecule has 36 heavy (non-hydrogen) atoms. The van der Waals surface area contributed by atoms with Gasteiger partial charge in [0.1, 0.15) is 23.8 Å². The number of benzene rings is 3. The zero-order valence-electron chi connectivity index (χ0n) is 18.8. The van der Waals surface area contributed by atoms with Crippen LogP contribution in [-0.2, 0) is 21.5 Å². The molecule has 4 aromatic rings. The van der Waals surface area contributed by atoms with Crippen molar-refractivity contribution < 1.29 is 32.4 Å². The number of rotatable bonds is 8. The Morgan fingerprint density at radius 3 is 2.44 bits per heavy atom. The van der Waals surface area contributed by atoms with E-state index in [-0.39, 0.29) is 17.3 Å². The van der Waals surface area contributed by atoms with Crippen molar-refractivity contribution in [1.29, 1.82) is 0 Å². The topological polar surface area (TPSA) is 151 Å². The van der Waals surface area contributed by atoms with E-state index in [9.17, 15) is 23.3 Å². The number of hydrogen-bond acceptors (Lipinski definition) is 9. The summed E-state index contributed by atoms with van der Waals surface area (Å²) in [5.41, 5.74) is 3.23. The van der Waals surface area contributed by atoms with Crippen LogP contribution in [0.2, 0.25) is 0 Å². The highest BCUT2D eigenvalue weighted by atomic mass is 32.2. The first kappa shape index (κ1) is 24.4. The molecule has 184 valence electrons. The predicted octanol–water partition coefficient (Wildman–Crippen LogP) is 4.50. The first-order chi connectivity index (χ1) is 17.2. The first-order valence-corrected chi connectivity index (χ1v) is 11.9. The molecule has 0 aliphatic rings. The minimum Gasteiger partial charge on any atom is -0.410 e. The van der Waals surface area contributed by atoms with E-state index in [1.165, 1.54) is 36.4 Å². The standard InChI is InChI=1S/C24H19N3O8S/c1-16-22(23(25-35-16)19-7-3-2-4-8-19)18-10-12-21(13-11-18)36(31,32)26-24(28)34-20-9-5-6-17(14-20)15-33-27(29)30/h2-14H,15H2,1H3,(H,26,28). The highest BCUT2D eigenvalue weighted by molar-refractivity contribution is 7.90. The number of hydrogen-bond donors (Lipinski definition) is 1. The Balaban J connectivity index is 1.48. The maximum absolute atomic E-state index is 12.7. The zero-order chi connectivity index (χ0) is 25.7. The molecule has 1 aromatic heterocycles. The number of carbonyl (C=O) groups is 1. The molecule has 1 amide bonds. The molecule has 1 N–H and O–H groups in total. The summed E-state index contributed by atoms with van der Waals surface area (Å²) in [6, 6.07) is 21.0. The molecule has 0 bridgehead atoms. The second-order valence-electron chi connectivity index (χ2n) is 7.49. The number of aryl methyl sites for hydroxylation is 1. The number of ether oxygens (including phenoxy) is 1. The van der Waals surface area contributed by atoms with Crippen molar-refractivity contribution in [2.24, 2.45) is 0 Å². The predicted molar refractivity (Wildman–Crippen MR) is 127 cm³/mol. The third kappa shape index (κ3) is 5.67. The molecule has 0 fully saturated rings. The number of sulfonamides is 1. The maximum Gasteiger partial charge on any atom is 0.426 e. The van der Waals surface area contributed by atoms with Crippen LogP contribution >= 0.6 is 0 Å². The number of carbonyl (C=O) groups excluding carboxylic acids is 1. The van der Waals surface area contributed by atoms with Gasteiger partial charge in [-0.05, 0) is 42.3 Å². The van der Waals surface area contributed by atoms with E-state index in [2.05, 4.69) is 9.99 Å². The molecule has 1 heterocycles. The van der Waals surface area contributed by atoms with E-state index < -0.39 is 21.2 Å². The normalized spacial score (nSPS) is 11.0. The van der Waals surface area contributed by atoms with Crippen molar-refractivity contribution in [3.63, 3.8) is 0 Å². The molecule has 0 aliphatic heterocycles. The van der Waals surface area contributed by atoms with Gasteiger partial charge in [-0.15, -0.1) is 10.1 Å². The SMILES string of the molecule is Cc1onc(-c2ccccc2)c1-c1ccc(S(=O)(=O)NC(=O)Oc2cccc(CO[N+](=O)[O-])c2)cc1. The smallest absolute Gasteiger partial charge is 0.410 e. The number of aromatic nitrogens is 1. The Labute approximate surface area is 205 Å². The van der Waals surface area contributed by atoms with Crippen molar-refractivity contribution in [3.05, 3.63) is 100 Å².